The molecule has 0 aromatic heterocycles. The van der Waals surface area contributed by atoms with Gasteiger partial charge in [-0.3, -0.25) is 4.79 Å². The van der Waals surface area contributed by atoms with E-state index in [1.807, 2.05) is 0 Å². The maximum absolute atomic E-state index is 12.5. The molecule has 0 radical (unpaired) electrons. The number of nitrogens with one attached hydrogen (secondary N) is 1. The first kappa shape index (κ1) is 15.8. The summed E-state index contributed by atoms with van der Waals surface area (Å²) in [5.74, 6) is 0.178. The summed E-state index contributed by atoms with van der Waals surface area (Å²) in [6.45, 7) is 2.09. The van der Waals surface area contributed by atoms with Gasteiger partial charge in [0.1, 0.15) is 0 Å². The lowest BCUT2D eigenvalue weighted by Gasteiger charge is -2.30. The van der Waals surface area contributed by atoms with Crippen LogP contribution in [0, 0.1) is 5.41 Å². The standard InChI is InChI=1S/C16H30N2O2/c17-13-16(9-4-1-2-5-10-16)15(19)18-11-8-14-7-3-6-12-20-14/h14H,1-13,17H2,(H,18,19). The predicted octanol–water partition coefficient (Wildman–Crippen LogP) is 2.36. The third kappa shape index (κ3) is 4.19. The number of ether oxygens (including phenoxy) is 1. The SMILES string of the molecule is NCC1(C(=O)NCCC2CCCCO2)CCCCCC1. The average Bonchev–Trinajstić information content (AvgIpc) is 2.74. The lowest BCUT2D eigenvalue weighted by Crippen LogP contribution is -2.46. The van der Waals surface area contributed by atoms with Gasteiger partial charge in [0, 0.05) is 19.7 Å². The lowest BCUT2D eigenvalue weighted by molar-refractivity contribution is -0.131. The van der Waals surface area contributed by atoms with Gasteiger partial charge in [-0.25, -0.2) is 0 Å². The smallest absolute Gasteiger partial charge is 0.227 e. The normalized spacial score (nSPS) is 26.8. The molecule has 20 heavy (non-hydrogen) atoms. The van der Waals surface area contributed by atoms with E-state index in [1.54, 1.807) is 0 Å². The van der Waals surface area contributed by atoms with Crippen LogP contribution in [0.3, 0.4) is 0 Å². The Morgan fingerprint density at radius 2 is 1.90 bits per heavy atom. The second kappa shape index (κ2) is 7.99. The van der Waals surface area contributed by atoms with Crippen LogP contribution >= 0.6 is 0 Å². The molecule has 2 fully saturated rings. The summed E-state index contributed by atoms with van der Waals surface area (Å²) in [4.78, 5) is 12.5. The van der Waals surface area contributed by atoms with Gasteiger partial charge in [0.2, 0.25) is 5.91 Å². The number of amides is 1. The molecule has 116 valence electrons. The van der Waals surface area contributed by atoms with Crippen LogP contribution in [0.4, 0.5) is 0 Å². The zero-order chi connectivity index (χ0) is 14.3. The van der Waals surface area contributed by atoms with E-state index in [2.05, 4.69) is 5.32 Å². The van der Waals surface area contributed by atoms with Crippen molar-refractivity contribution in [3.8, 4) is 0 Å². The highest BCUT2D eigenvalue weighted by atomic mass is 16.5. The highest BCUT2D eigenvalue weighted by Gasteiger charge is 2.36. The summed E-state index contributed by atoms with van der Waals surface area (Å²) in [6, 6.07) is 0. The third-order valence-electron chi connectivity index (χ3n) is 4.96. The molecule has 4 heteroatoms. The van der Waals surface area contributed by atoms with E-state index >= 15 is 0 Å². The van der Waals surface area contributed by atoms with Crippen molar-refractivity contribution < 1.29 is 9.53 Å². The van der Waals surface area contributed by atoms with Gasteiger partial charge in [0.15, 0.2) is 0 Å². The van der Waals surface area contributed by atoms with Crippen LogP contribution in [0.15, 0.2) is 0 Å². The zero-order valence-corrected chi connectivity index (χ0v) is 12.7. The molecule has 4 nitrogen and oxygen atoms in total. The van der Waals surface area contributed by atoms with Gasteiger partial charge in [0.25, 0.3) is 0 Å². The number of carbonyl (C=O) groups is 1. The average molecular weight is 282 g/mol. The number of rotatable bonds is 5. The molecule has 1 saturated heterocycles. The lowest BCUT2D eigenvalue weighted by atomic mass is 9.79. The summed E-state index contributed by atoms with van der Waals surface area (Å²) < 4.78 is 5.70. The largest absolute Gasteiger partial charge is 0.378 e. The maximum atomic E-state index is 12.5. The quantitative estimate of drug-likeness (QED) is 0.761. The van der Waals surface area contributed by atoms with Crippen LogP contribution in [0.25, 0.3) is 0 Å². The fraction of sp³-hybridized carbons (Fsp3) is 0.938. The van der Waals surface area contributed by atoms with Crippen LogP contribution in [0.1, 0.15) is 64.2 Å². The summed E-state index contributed by atoms with van der Waals surface area (Å²) in [5.41, 5.74) is 5.64. The Morgan fingerprint density at radius 1 is 1.15 bits per heavy atom. The molecule has 0 aromatic rings. The van der Waals surface area contributed by atoms with Gasteiger partial charge in [-0.2, -0.15) is 0 Å². The Kier molecular flexibility index (Phi) is 6.30. The molecular weight excluding hydrogens is 252 g/mol. The molecule has 0 aromatic carbocycles. The van der Waals surface area contributed by atoms with Gasteiger partial charge in [-0.15, -0.1) is 0 Å². The Bertz CT molecular complexity index is 293. The Morgan fingerprint density at radius 3 is 2.50 bits per heavy atom. The van der Waals surface area contributed by atoms with E-state index in [9.17, 15) is 4.79 Å². The number of hydrogen-bond acceptors (Lipinski definition) is 3. The highest BCUT2D eigenvalue weighted by Crippen LogP contribution is 2.34. The molecule has 0 spiro atoms. The number of hydrogen-bond donors (Lipinski definition) is 2. The number of carbonyl (C=O) groups excluding carboxylic acids is 1. The van der Waals surface area contributed by atoms with Gasteiger partial charge in [0.05, 0.1) is 11.5 Å². The van der Waals surface area contributed by atoms with Gasteiger partial charge in [-0.05, 0) is 38.5 Å². The fourth-order valence-corrected chi connectivity index (χ4v) is 3.50. The Balaban J connectivity index is 1.76. The highest BCUT2D eigenvalue weighted by molar-refractivity contribution is 5.82. The second-order valence-electron chi connectivity index (χ2n) is 6.43. The van der Waals surface area contributed by atoms with Crippen LogP contribution in [-0.4, -0.2) is 31.7 Å². The Hall–Kier alpha value is -0.610. The maximum Gasteiger partial charge on any atom is 0.227 e. The van der Waals surface area contributed by atoms with Crippen molar-refractivity contribution in [2.24, 2.45) is 11.1 Å². The first-order chi connectivity index (χ1) is 9.77. The first-order valence-corrected chi connectivity index (χ1v) is 8.37. The van der Waals surface area contributed by atoms with Crippen molar-refractivity contribution in [3.05, 3.63) is 0 Å². The molecule has 1 heterocycles. The molecular formula is C16H30N2O2. The van der Waals surface area contributed by atoms with E-state index in [1.165, 1.54) is 25.7 Å². The molecule has 1 aliphatic carbocycles. The van der Waals surface area contributed by atoms with E-state index in [-0.39, 0.29) is 11.3 Å². The minimum absolute atomic E-state index is 0.178. The predicted molar refractivity (Wildman–Crippen MR) is 80.4 cm³/mol. The fourth-order valence-electron chi connectivity index (χ4n) is 3.50. The van der Waals surface area contributed by atoms with Crippen LogP contribution in [0.5, 0.6) is 0 Å². The molecule has 2 aliphatic rings. The Labute approximate surface area is 122 Å². The van der Waals surface area contributed by atoms with Crippen LogP contribution < -0.4 is 11.1 Å². The minimum Gasteiger partial charge on any atom is -0.378 e. The van der Waals surface area contributed by atoms with E-state index in [0.29, 0.717) is 12.6 Å². The summed E-state index contributed by atoms with van der Waals surface area (Å²) in [6.07, 6.45) is 11.5. The summed E-state index contributed by atoms with van der Waals surface area (Å²) in [5, 5.41) is 3.12. The summed E-state index contributed by atoms with van der Waals surface area (Å²) >= 11 is 0. The van der Waals surface area contributed by atoms with Crippen LogP contribution in [-0.2, 0) is 9.53 Å². The summed E-state index contributed by atoms with van der Waals surface area (Å²) in [7, 11) is 0. The molecule has 1 saturated carbocycles. The molecule has 2 rings (SSSR count). The van der Waals surface area contributed by atoms with Crippen molar-refractivity contribution in [2.75, 3.05) is 19.7 Å². The van der Waals surface area contributed by atoms with Crippen molar-refractivity contribution >= 4 is 5.91 Å². The van der Waals surface area contributed by atoms with Crippen molar-refractivity contribution in [1.82, 2.24) is 5.32 Å². The van der Waals surface area contributed by atoms with E-state index in [4.69, 9.17) is 10.5 Å². The third-order valence-corrected chi connectivity index (χ3v) is 4.96. The van der Waals surface area contributed by atoms with Gasteiger partial charge in [-0.1, -0.05) is 25.7 Å². The van der Waals surface area contributed by atoms with Gasteiger partial charge >= 0.3 is 0 Å². The molecule has 1 unspecified atom stereocenters. The molecule has 3 N–H and O–H groups in total. The van der Waals surface area contributed by atoms with E-state index in [0.717, 1.165) is 51.7 Å². The molecule has 1 atom stereocenters. The van der Waals surface area contributed by atoms with E-state index < -0.39 is 0 Å². The van der Waals surface area contributed by atoms with Crippen molar-refractivity contribution in [2.45, 2.75) is 70.3 Å². The minimum atomic E-state index is -0.302. The molecule has 0 bridgehead atoms. The van der Waals surface area contributed by atoms with Gasteiger partial charge < -0.3 is 15.8 Å². The molecule has 1 amide bonds. The zero-order valence-electron chi connectivity index (χ0n) is 12.7. The second-order valence-corrected chi connectivity index (χ2v) is 6.43. The molecule has 1 aliphatic heterocycles. The van der Waals surface area contributed by atoms with Crippen molar-refractivity contribution in [1.29, 1.82) is 0 Å². The monoisotopic (exact) mass is 282 g/mol. The van der Waals surface area contributed by atoms with Crippen LogP contribution in [0.2, 0.25) is 0 Å². The first-order valence-electron chi connectivity index (χ1n) is 8.37. The number of nitrogens with two attached hydrogens (primary N) is 1. The topological polar surface area (TPSA) is 64.4 Å². The van der Waals surface area contributed by atoms with Crippen molar-refractivity contribution in [3.63, 3.8) is 0 Å².